The van der Waals surface area contributed by atoms with Crippen LogP contribution in [-0.2, 0) is 0 Å². The second-order valence-electron chi connectivity index (χ2n) is 6.54. The van der Waals surface area contributed by atoms with E-state index in [1.54, 1.807) is 0 Å². The van der Waals surface area contributed by atoms with Crippen molar-refractivity contribution in [1.29, 1.82) is 0 Å². The molecule has 122 valence electrons. The van der Waals surface area contributed by atoms with Crippen LogP contribution in [0.15, 0.2) is 103 Å². The lowest BCUT2D eigenvalue weighted by atomic mass is 10.0. The summed E-state index contributed by atoms with van der Waals surface area (Å²) in [7, 11) is 0. The summed E-state index contributed by atoms with van der Waals surface area (Å²) in [6, 6.07) is 36.2. The Labute approximate surface area is 152 Å². The first-order chi connectivity index (χ1) is 12.9. The highest BCUT2D eigenvalue weighted by Gasteiger charge is 2.05. The Bertz CT molecular complexity index is 1110. The summed E-state index contributed by atoms with van der Waals surface area (Å²) >= 11 is 0. The van der Waals surface area contributed by atoms with Crippen LogP contribution in [0.5, 0.6) is 0 Å². The predicted molar refractivity (Wildman–Crippen MR) is 110 cm³/mol. The minimum Gasteiger partial charge on any atom is -0.248 e. The molecule has 0 aliphatic carbocycles. The van der Waals surface area contributed by atoms with Gasteiger partial charge in [0.15, 0.2) is 0 Å². The van der Waals surface area contributed by atoms with Crippen LogP contribution in [0.25, 0.3) is 44.1 Å². The van der Waals surface area contributed by atoms with Crippen LogP contribution in [0.3, 0.4) is 0 Å². The van der Waals surface area contributed by atoms with Crippen molar-refractivity contribution in [3.05, 3.63) is 103 Å². The first-order valence-electron chi connectivity index (χ1n) is 8.82. The van der Waals surface area contributed by atoms with E-state index in [1.165, 1.54) is 33.0 Å². The van der Waals surface area contributed by atoms with Gasteiger partial charge in [-0.25, -0.2) is 4.98 Å². The van der Waals surface area contributed by atoms with Gasteiger partial charge < -0.3 is 0 Å². The first kappa shape index (κ1) is 14.9. The van der Waals surface area contributed by atoms with E-state index in [1.807, 2.05) is 12.1 Å². The monoisotopic (exact) mass is 331 g/mol. The molecule has 0 fully saturated rings. The Balaban J connectivity index is 1.65. The van der Waals surface area contributed by atoms with Crippen molar-refractivity contribution in [2.24, 2.45) is 0 Å². The van der Waals surface area contributed by atoms with Crippen LogP contribution in [-0.4, -0.2) is 4.98 Å². The third-order valence-electron chi connectivity index (χ3n) is 4.82. The second kappa shape index (κ2) is 6.12. The number of hydrogen-bond donors (Lipinski definition) is 0. The summed E-state index contributed by atoms with van der Waals surface area (Å²) < 4.78 is 0. The number of benzene rings is 4. The molecule has 5 rings (SSSR count). The van der Waals surface area contributed by atoms with Crippen LogP contribution in [0, 0.1) is 0 Å². The van der Waals surface area contributed by atoms with Gasteiger partial charge in [-0.3, -0.25) is 0 Å². The zero-order valence-corrected chi connectivity index (χ0v) is 14.3. The molecule has 0 unspecified atom stereocenters. The number of rotatable bonds is 2. The zero-order valence-electron chi connectivity index (χ0n) is 14.3. The second-order valence-corrected chi connectivity index (χ2v) is 6.54. The van der Waals surface area contributed by atoms with Gasteiger partial charge >= 0.3 is 0 Å². The van der Waals surface area contributed by atoms with Crippen LogP contribution >= 0.6 is 0 Å². The molecule has 0 amide bonds. The maximum absolute atomic E-state index is 4.90. The summed E-state index contributed by atoms with van der Waals surface area (Å²) in [6.07, 6.45) is 0. The number of nitrogens with zero attached hydrogens (tertiary/aromatic N) is 1. The fourth-order valence-electron chi connectivity index (χ4n) is 3.45. The number of fused-ring (bicyclic) bond motifs is 2. The lowest BCUT2D eigenvalue weighted by Crippen LogP contribution is -1.86. The molecule has 0 saturated heterocycles. The molecular weight excluding hydrogens is 314 g/mol. The highest BCUT2D eigenvalue weighted by molar-refractivity contribution is 5.96. The molecule has 1 aromatic heterocycles. The lowest BCUT2D eigenvalue weighted by Gasteiger charge is -2.07. The third kappa shape index (κ3) is 2.64. The van der Waals surface area contributed by atoms with E-state index in [0.29, 0.717) is 0 Å². The van der Waals surface area contributed by atoms with Crippen molar-refractivity contribution < 1.29 is 0 Å². The van der Waals surface area contributed by atoms with E-state index >= 15 is 0 Å². The summed E-state index contributed by atoms with van der Waals surface area (Å²) in [6.45, 7) is 0. The molecular formula is C25H17N. The Morgan fingerprint density at radius 2 is 1.00 bits per heavy atom. The molecule has 5 aromatic rings. The SMILES string of the molecule is c1ccc(-c2ccc3nc4cc(-c5ccccc5)ccc4cc3c2)cc1. The van der Waals surface area contributed by atoms with Crippen molar-refractivity contribution in [2.75, 3.05) is 0 Å². The van der Waals surface area contributed by atoms with Gasteiger partial charge in [-0.15, -0.1) is 0 Å². The van der Waals surface area contributed by atoms with E-state index in [9.17, 15) is 0 Å². The Kier molecular flexibility index (Phi) is 3.50. The van der Waals surface area contributed by atoms with Gasteiger partial charge in [0.2, 0.25) is 0 Å². The molecule has 1 nitrogen and oxygen atoms in total. The zero-order chi connectivity index (χ0) is 17.3. The molecule has 0 N–H and O–H groups in total. The fourth-order valence-corrected chi connectivity index (χ4v) is 3.45. The van der Waals surface area contributed by atoms with E-state index in [2.05, 4.69) is 91.0 Å². The van der Waals surface area contributed by atoms with Gasteiger partial charge in [-0.1, -0.05) is 78.9 Å². The summed E-state index contributed by atoms with van der Waals surface area (Å²) in [5.41, 5.74) is 6.93. The predicted octanol–water partition coefficient (Wildman–Crippen LogP) is 6.72. The van der Waals surface area contributed by atoms with Crippen LogP contribution < -0.4 is 0 Å². The average Bonchev–Trinajstić information content (AvgIpc) is 2.73. The van der Waals surface area contributed by atoms with Crippen molar-refractivity contribution in [3.63, 3.8) is 0 Å². The molecule has 26 heavy (non-hydrogen) atoms. The van der Waals surface area contributed by atoms with Gasteiger partial charge in [0.05, 0.1) is 11.0 Å². The number of hydrogen-bond acceptors (Lipinski definition) is 1. The van der Waals surface area contributed by atoms with Gasteiger partial charge in [-0.05, 0) is 46.5 Å². The number of pyridine rings is 1. The summed E-state index contributed by atoms with van der Waals surface area (Å²) in [4.78, 5) is 4.90. The van der Waals surface area contributed by atoms with Crippen LogP contribution in [0.1, 0.15) is 0 Å². The molecule has 1 heterocycles. The molecule has 0 radical (unpaired) electrons. The van der Waals surface area contributed by atoms with Crippen molar-refractivity contribution in [1.82, 2.24) is 4.98 Å². The van der Waals surface area contributed by atoms with Crippen molar-refractivity contribution >= 4 is 21.8 Å². The molecule has 0 atom stereocenters. The largest absolute Gasteiger partial charge is 0.248 e. The lowest BCUT2D eigenvalue weighted by molar-refractivity contribution is 1.49. The van der Waals surface area contributed by atoms with Crippen LogP contribution in [0.2, 0.25) is 0 Å². The first-order valence-corrected chi connectivity index (χ1v) is 8.82. The van der Waals surface area contributed by atoms with Gasteiger partial charge in [-0.2, -0.15) is 0 Å². The average molecular weight is 331 g/mol. The molecule has 4 aromatic carbocycles. The van der Waals surface area contributed by atoms with Gasteiger partial charge in [0.1, 0.15) is 0 Å². The minimum atomic E-state index is 1.03. The maximum Gasteiger partial charge on any atom is 0.0715 e. The van der Waals surface area contributed by atoms with Gasteiger partial charge in [0.25, 0.3) is 0 Å². The summed E-state index contributed by atoms with van der Waals surface area (Å²) in [5, 5.41) is 2.34. The molecule has 0 aliphatic heterocycles. The maximum atomic E-state index is 4.90. The highest BCUT2D eigenvalue weighted by atomic mass is 14.7. The topological polar surface area (TPSA) is 12.9 Å². The Morgan fingerprint density at radius 1 is 0.385 bits per heavy atom. The minimum absolute atomic E-state index is 1.03. The molecule has 0 bridgehead atoms. The quantitative estimate of drug-likeness (QED) is 0.327. The molecule has 1 heteroatoms. The summed E-state index contributed by atoms with van der Waals surface area (Å²) in [5.74, 6) is 0. The third-order valence-corrected chi connectivity index (χ3v) is 4.82. The normalized spacial score (nSPS) is 11.1. The standard InChI is InChI=1S/C25H17N/c1-3-7-18(8-4-1)20-13-14-24-23(15-20)16-22-12-11-21(17-25(22)26-24)19-9-5-2-6-10-19/h1-17H. The number of aromatic nitrogens is 1. The Hall–Kier alpha value is -3.45. The van der Waals surface area contributed by atoms with E-state index in [4.69, 9.17) is 4.98 Å². The fraction of sp³-hybridized carbons (Fsp3) is 0. The van der Waals surface area contributed by atoms with E-state index in [-0.39, 0.29) is 0 Å². The smallest absolute Gasteiger partial charge is 0.0715 e. The van der Waals surface area contributed by atoms with E-state index < -0.39 is 0 Å². The molecule has 0 aliphatic rings. The molecule has 0 saturated carbocycles. The van der Waals surface area contributed by atoms with Crippen molar-refractivity contribution in [2.45, 2.75) is 0 Å². The van der Waals surface area contributed by atoms with Gasteiger partial charge in [0, 0.05) is 10.8 Å². The Morgan fingerprint density at radius 3 is 1.69 bits per heavy atom. The molecule has 0 spiro atoms. The van der Waals surface area contributed by atoms with Crippen LogP contribution in [0.4, 0.5) is 0 Å². The highest BCUT2D eigenvalue weighted by Crippen LogP contribution is 2.28. The van der Waals surface area contributed by atoms with Crippen molar-refractivity contribution in [3.8, 4) is 22.3 Å². The van der Waals surface area contributed by atoms with E-state index in [0.717, 1.165) is 11.0 Å².